The zero-order valence-corrected chi connectivity index (χ0v) is 16.2. The van der Waals surface area contributed by atoms with Crippen LogP contribution in [-0.2, 0) is 4.74 Å². The smallest absolute Gasteiger partial charge is 0.296 e. The zero-order valence-electron chi connectivity index (χ0n) is 16.2. The van der Waals surface area contributed by atoms with Crippen LogP contribution in [0.3, 0.4) is 0 Å². The first-order valence-corrected chi connectivity index (χ1v) is 9.57. The van der Waals surface area contributed by atoms with Crippen LogP contribution in [0.1, 0.15) is 32.1 Å². The van der Waals surface area contributed by atoms with Crippen molar-refractivity contribution >= 4 is 11.4 Å². The van der Waals surface area contributed by atoms with E-state index < -0.39 is 0 Å². The molecule has 2 aliphatic rings. The largest absolute Gasteiger partial charge is 0.493 e. The number of nitrogens with zero attached hydrogens (tertiary/aromatic N) is 2. The Morgan fingerprint density at radius 1 is 1.15 bits per heavy atom. The summed E-state index contributed by atoms with van der Waals surface area (Å²) in [6.45, 7) is 4.26. The van der Waals surface area contributed by atoms with Crippen molar-refractivity contribution in [3.8, 4) is 11.5 Å². The van der Waals surface area contributed by atoms with Crippen molar-refractivity contribution in [1.29, 1.82) is 0 Å². The number of nitro groups is 1. The Balaban J connectivity index is 1.85. The Morgan fingerprint density at radius 2 is 1.78 bits per heavy atom. The molecule has 2 aliphatic heterocycles. The fourth-order valence-corrected chi connectivity index (χ4v) is 4.15. The minimum atomic E-state index is -0.387. The number of benzene rings is 1. The second-order valence-electron chi connectivity index (χ2n) is 7.22. The van der Waals surface area contributed by atoms with Crippen molar-refractivity contribution < 1.29 is 19.1 Å². The highest BCUT2D eigenvalue weighted by Crippen LogP contribution is 2.39. The van der Waals surface area contributed by atoms with Crippen LogP contribution in [0.2, 0.25) is 0 Å². The molecule has 0 aliphatic carbocycles. The molecule has 0 spiro atoms. The van der Waals surface area contributed by atoms with Gasteiger partial charge in [0.05, 0.1) is 25.2 Å². The van der Waals surface area contributed by atoms with E-state index in [1.165, 1.54) is 39.5 Å². The number of piperidine rings is 1. The maximum atomic E-state index is 11.6. The molecule has 0 unspecified atom stereocenters. The fourth-order valence-electron chi connectivity index (χ4n) is 4.15. The molecular weight excluding hydrogens is 350 g/mol. The molecule has 1 N–H and O–H groups in total. The molecular formula is C19H29N3O5. The summed E-state index contributed by atoms with van der Waals surface area (Å²) in [6.07, 6.45) is 5.55. The molecule has 0 amide bonds. The van der Waals surface area contributed by atoms with E-state index in [-0.39, 0.29) is 16.1 Å². The van der Waals surface area contributed by atoms with Crippen LogP contribution in [0, 0.1) is 10.1 Å². The van der Waals surface area contributed by atoms with Crippen molar-refractivity contribution in [3.63, 3.8) is 0 Å². The van der Waals surface area contributed by atoms with Gasteiger partial charge in [-0.2, -0.15) is 0 Å². The number of methoxy groups -OCH3 is 2. The van der Waals surface area contributed by atoms with Crippen LogP contribution < -0.4 is 14.8 Å². The van der Waals surface area contributed by atoms with Crippen molar-refractivity contribution in [1.82, 2.24) is 4.90 Å². The molecule has 0 atom stereocenters. The van der Waals surface area contributed by atoms with E-state index in [0.29, 0.717) is 23.7 Å². The highest BCUT2D eigenvalue weighted by atomic mass is 16.6. The third-order valence-electron chi connectivity index (χ3n) is 5.76. The first-order valence-electron chi connectivity index (χ1n) is 9.57. The van der Waals surface area contributed by atoms with Crippen LogP contribution >= 0.6 is 0 Å². The van der Waals surface area contributed by atoms with Gasteiger partial charge in [0.15, 0.2) is 11.5 Å². The third-order valence-corrected chi connectivity index (χ3v) is 5.76. The summed E-state index contributed by atoms with van der Waals surface area (Å²) in [4.78, 5) is 13.7. The van der Waals surface area contributed by atoms with E-state index in [2.05, 4.69) is 10.2 Å². The van der Waals surface area contributed by atoms with E-state index >= 15 is 0 Å². The number of anilines is 1. The average Bonchev–Trinajstić information content (AvgIpc) is 2.72. The SMILES string of the molecule is COc1cc(NCC2(N3CCCCC3)CCOCC2)c([N+](=O)[O-])cc1OC. The summed E-state index contributed by atoms with van der Waals surface area (Å²) in [7, 11) is 3.00. The van der Waals surface area contributed by atoms with Crippen molar-refractivity contribution in [2.45, 2.75) is 37.6 Å². The molecule has 27 heavy (non-hydrogen) atoms. The van der Waals surface area contributed by atoms with E-state index in [1.54, 1.807) is 6.07 Å². The lowest BCUT2D eigenvalue weighted by atomic mass is 9.86. The maximum Gasteiger partial charge on any atom is 0.296 e. The molecule has 0 aromatic heterocycles. The molecule has 2 heterocycles. The number of nitro benzene ring substituents is 1. The summed E-state index contributed by atoms with van der Waals surface area (Å²) >= 11 is 0. The summed E-state index contributed by atoms with van der Waals surface area (Å²) in [6, 6.07) is 3.07. The minimum absolute atomic E-state index is 0.00602. The molecule has 0 saturated carbocycles. The molecule has 8 nitrogen and oxygen atoms in total. The van der Waals surface area contributed by atoms with Gasteiger partial charge in [0, 0.05) is 31.4 Å². The van der Waals surface area contributed by atoms with E-state index in [4.69, 9.17) is 14.2 Å². The molecule has 0 bridgehead atoms. The predicted molar refractivity (Wildman–Crippen MR) is 103 cm³/mol. The Labute approximate surface area is 159 Å². The van der Waals surface area contributed by atoms with Crippen LogP contribution in [0.25, 0.3) is 0 Å². The lowest BCUT2D eigenvalue weighted by molar-refractivity contribution is -0.384. The molecule has 0 radical (unpaired) electrons. The van der Waals surface area contributed by atoms with Crippen molar-refractivity contribution in [2.75, 3.05) is 52.4 Å². The number of likely N-dealkylation sites (tertiary alicyclic amines) is 1. The Hall–Kier alpha value is -2.06. The first-order chi connectivity index (χ1) is 13.1. The topological polar surface area (TPSA) is 86.1 Å². The lowest BCUT2D eigenvalue weighted by Crippen LogP contribution is -2.57. The minimum Gasteiger partial charge on any atom is -0.493 e. The van der Waals surface area contributed by atoms with E-state index in [0.717, 1.165) is 39.1 Å². The second-order valence-corrected chi connectivity index (χ2v) is 7.22. The fraction of sp³-hybridized carbons (Fsp3) is 0.684. The highest BCUT2D eigenvalue weighted by Gasteiger charge is 2.39. The molecule has 1 aromatic rings. The average molecular weight is 379 g/mol. The van der Waals surface area contributed by atoms with Gasteiger partial charge in [-0.25, -0.2) is 0 Å². The molecule has 3 rings (SSSR count). The third kappa shape index (κ3) is 4.27. The maximum absolute atomic E-state index is 11.6. The molecule has 1 aromatic carbocycles. The highest BCUT2D eigenvalue weighted by molar-refractivity contribution is 5.68. The summed E-state index contributed by atoms with van der Waals surface area (Å²) in [5, 5.41) is 14.9. The summed E-state index contributed by atoms with van der Waals surface area (Å²) in [5.41, 5.74) is 0.425. The Kier molecular flexibility index (Phi) is 6.38. The van der Waals surface area contributed by atoms with Gasteiger partial charge in [0.25, 0.3) is 5.69 Å². The number of hydrogen-bond acceptors (Lipinski definition) is 7. The summed E-state index contributed by atoms with van der Waals surface area (Å²) < 4.78 is 16.1. The van der Waals surface area contributed by atoms with Crippen molar-refractivity contribution in [2.24, 2.45) is 0 Å². The number of rotatable bonds is 7. The van der Waals surface area contributed by atoms with Gasteiger partial charge in [-0.15, -0.1) is 0 Å². The first kappa shape index (κ1) is 19.7. The number of nitrogens with one attached hydrogen (secondary N) is 1. The molecule has 2 fully saturated rings. The lowest BCUT2D eigenvalue weighted by Gasteiger charge is -2.48. The van der Waals surface area contributed by atoms with Gasteiger partial charge in [-0.05, 0) is 38.8 Å². The van der Waals surface area contributed by atoms with E-state index in [1.807, 2.05) is 0 Å². The van der Waals surface area contributed by atoms with Crippen LogP contribution in [0.5, 0.6) is 11.5 Å². The standard InChI is InChI=1S/C19H29N3O5/c1-25-17-12-15(16(22(23)24)13-18(17)26-2)20-14-19(6-10-27-11-7-19)21-8-4-3-5-9-21/h12-13,20H,3-11,14H2,1-2H3. The number of ether oxygens (including phenoxy) is 3. The van der Waals surface area contributed by atoms with Crippen LogP contribution in [0.4, 0.5) is 11.4 Å². The normalized spacial score (nSPS) is 20.1. The van der Waals surface area contributed by atoms with Crippen molar-refractivity contribution in [3.05, 3.63) is 22.2 Å². The number of hydrogen-bond donors (Lipinski definition) is 1. The van der Waals surface area contributed by atoms with Gasteiger partial charge in [-0.3, -0.25) is 15.0 Å². The van der Waals surface area contributed by atoms with Gasteiger partial charge in [-0.1, -0.05) is 6.42 Å². The van der Waals surface area contributed by atoms with Crippen LogP contribution in [0.15, 0.2) is 12.1 Å². The molecule has 150 valence electrons. The summed E-state index contributed by atoms with van der Waals surface area (Å²) in [5.74, 6) is 0.830. The molecule has 2 saturated heterocycles. The Morgan fingerprint density at radius 3 is 2.37 bits per heavy atom. The quantitative estimate of drug-likeness (QED) is 0.575. The monoisotopic (exact) mass is 379 g/mol. The molecule has 8 heteroatoms. The predicted octanol–water partition coefficient (Wildman–Crippen LogP) is 3.06. The van der Waals surface area contributed by atoms with E-state index in [9.17, 15) is 10.1 Å². The van der Waals surface area contributed by atoms with Gasteiger partial charge >= 0.3 is 0 Å². The van der Waals surface area contributed by atoms with Gasteiger partial charge < -0.3 is 19.5 Å². The zero-order chi connectivity index (χ0) is 19.3. The second kappa shape index (κ2) is 8.75. The van der Waals surface area contributed by atoms with Gasteiger partial charge in [0.2, 0.25) is 0 Å². The Bertz CT molecular complexity index is 655. The van der Waals surface area contributed by atoms with Gasteiger partial charge in [0.1, 0.15) is 5.69 Å². The van der Waals surface area contributed by atoms with Crippen LogP contribution in [-0.4, -0.2) is 62.4 Å².